The van der Waals surface area contributed by atoms with E-state index in [1.807, 2.05) is 6.07 Å². The number of methoxy groups -OCH3 is 2. The van der Waals surface area contributed by atoms with E-state index in [4.69, 9.17) is 9.47 Å². The summed E-state index contributed by atoms with van der Waals surface area (Å²) in [6.07, 6.45) is 1.04. The summed E-state index contributed by atoms with van der Waals surface area (Å²) in [4.78, 5) is 3.47. The van der Waals surface area contributed by atoms with Crippen LogP contribution in [0.1, 0.15) is 11.3 Å². The Bertz CT molecular complexity index is 560. The van der Waals surface area contributed by atoms with Crippen LogP contribution in [0.5, 0.6) is 11.5 Å². The fourth-order valence-corrected chi connectivity index (χ4v) is 2.47. The molecule has 4 nitrogen and oxygen atoms in total. The number of hydrogen-bond acceptors (Lipinski definition) is 3. The summed E-state index contributed by atoms with van der Waals surface area (Å²) in [6, 6.07) is 3.98. The molecule has 0 amide bonds. The minimum atomic E-state index is 0.835. The highest BCUT2D eigenvalue weighted by Gasteiger charge is 2.18. The van der Waals surface area contributed by atoms with Crippen molar-refractivity contribution in [2.75, 3.05) is 20.8 Å². The zero-order valence-corrected chi connectivity index (χ0v) is 10.1. The van der Waals surface area contributed by atoms with Crippen molar-refractivity contribution in [3.05, 3.63) is 23.4 Å². The van der Waals surface area contributed by atoms with Crippen LogP contribution in [0.4, 0.5) is 0 Å². The van der Waals surface area contributed by atoms with Gasteiger partial charge < -0.3 is 19.8 Å². The molecule has 2 aromatic rings. The highest BCUT2D eigenvalue weighted by Crippen LogP contribution is 2.35. The van der Waals surface area contributed by atoms with Gasteiger partial charge in [0, 0.05) is 36.7 Å². The molecule has 0 atom stereocenters. The number of ether oxygens (including phenoxy) is 2. The van der Waals surface area contributed by atoms with Gasteiger partial charge in [-0.1, -0.05) is 0 Å². The molecular formula is C13H16N2O2. The lowest BCUT2D eigenvalue weighted by Crippen LogP contribution is -2.22. The van der Waals surface area contributed by atoms with Crippen LogP contribution in [0.15, 0.2) is 12.1 Å². The van der Waals surface area contributed by atoms with Gasteiger partial charge in [-0.25, -0.2) is 0 Å². The summed E-state index contributed by atoms with van der Waals surface area (Å²) in [5, 5.41) is 4.59. The molecule has 1 aliphatic heterocycles. The molecule has 4 heteroatoms. The molecule has 1 aliphatic rings. The maximum absolute atomic E-state index is 5.42. The summed E-state index contributed by atoms with van der Waals surface area (Å²) in [6.45, 7) is 1.94. The van der Waals surface area contributed by atoms with Crippen LogP contribution in [-0.4, -0.2) is 25.7 Å². The van der Waals surface area contributed by atoms with Gasteiger partial charge in [0.25, 0.3) is 0 Å². The summed E-state index contributed by atoms with van der Waals surface area (Å²) < 4.78 is 10.7. The summed E-state index contributed by atoms with van der Waals surface area (Å²) in [5.74, 6) is 1.68. The van der Waals surface area contributed by atoms with E-state index >= 15 is 0 Å². The number of hydrogen-bond donors (Lipinski definition) is 2. The number of aromatic nitrogens is 1. The highest BCUT2D eigenvalue weighted by atomic mass is 16.5. The van der Waals surface area contributed by atoms with Crippen molar-refractivity contribution in [2.24, 2.45) is 0 Å². The molecule has 0 unspecified atom stereocenters. The Morgan fingerprint density at radius 3 is 2.82 bits per heavy atom. The molecule has 2 heterocycles. The van der Waals surface area contributed by atoms with Crippen LogP contribution in [-0.2, 0) is 13.0 Å². The van der Waals surface area contributed by atoms with Gasteiger partial charge in [0.05, 0.1) is 19.7 Å². The molecule has 3 rings (SSSR count). The minimum absolute atomic E-state index is 0.835. The van der Waals surface area contributed by atoms with Crippen molar-refractivity contribution in [1.82, 2.24) is 10.3 Å². The molecule has 2 N–H and O–H groups in total. The van der Waals surface area contributed by atoms with Gasteiger partial charge >= 0.3 is 0 Å². The molecule has 0 saturated carbocycles. The van der Waals surface area contributed by atoms with Gasteiger partial charge in [-0.3, -0.25) is 0 Å². The van der Waals surface area contributed by atoms with Crippen molar-refractivity contribution in [1.29, 1.82) is 0 Å². The van der Waals surface area contributed by atoms with Crippen molar-refractivity contribution < 1.29 is 9.47 Å². The first-order valence-corrected chi connectivity index (χ1v) is 5.79. The number of nitrogens with one attached hydrogen (secondary N) is 2. The summed E-state index contributed by atoms with van der Waals surface area (Å²) in [7, 11) is 3.37. The lowest BCUT2D eigenvalue weighted by atomic mass is 10.1. The lowest BCUT2D eigenvalue weighted by Gasteiger charge is -2.12. The van der Waals surface area contributed by atoms with Gasteiger partial charge in [-0.05, 0) is 11.6 Å². The van der Waals surface area contributed by atoms with E-state index in [1.165, 1.54) is 16.6 Å². The lowest BCUT2D eigenvalue weighted by molar-refractivity contribution is 0.397. The zero-order valence-electron chi connectivity index (χ0n) is 10.1. The summed E-state index contributed by atoms with van der Waals surface area (Å²) >= 11 is 0. The highest BCUT2D eigenvalue weighted by molar-refractivity contribution is 5.91. The Hall–Kier alpha value is -1.68. The Balaban J connectivity index is 2.29. The Morgan fingerprint density at radius 2 is 2.06 bits per heavy atom. The number of benzene rings is 1. The van der Waals surface area contributed by atoms with E-state index in [9.17, 15) is 0 Å². The molecule has 1 aromatic carbocycles. The third-order valence-corrected chi connectivity index (χ3v) is 3.35. The smallest absolute Gasteiger partial charge is 0.146 e. The molecule has 0 radical (unpaired) electrons. The van der Waals surface area contributed by atoms with E-state index in [1.54, 1.807) is 14.2 Å². The first kappa shape index (κ1) is 10.5. The topological polar surface area (TPSA) is 46.3 Å². The number of aromatic amines is 1. The van der Waals surface area contributed by atoms with Crippen molar-refractivity contribution >= 4 is 10.9 Å². The summed E-state index contributed by atoms with van der Waals surface area (Å²) in [5.41, 5.74) is 3.72. The van der Waals surface area contributed by atoms with Gasteiger partial charge in [0.1, 0.15) is 11.5 Å². The van der Waals surface area contributed by atoms with E-state index in [0.29, 0.717) is 0 Å². The average molecular weight is 232 g/mol. The van der Waals surface area contributed by atoms with Crippen LogP contribution in [0.2, 0.25) is 0 Å². The zero-order chi connectivity index (χ0) is 11.8. The Labute approximate surface area is 99.9 Å². The normalized spacial score (nSPS) is 14.7. The van der Waals surface area contributed by atoms with Crippen LogP contribution in [0, 0.1) is 0 Å². The fourth-order valence-electron chi connectivity index (χ4n) is 2.47. The predicted molar refractivity (Wildman–Crippen MR) is 66.8 cm³/mol. The second kappa shape index (κ2) is 3.96. The first-order valence-electron chi connectivity index (χ1n) is 5.79. The molecule has 0 aliphatic carbocycles. The van der Waals surface area contributed by atoms with Crippen LogP contribution in [0.3, 0.4) is 0 Å². The SMILES string of the molecule is COc1cc(OC)c2[nH]c3c(c2c1)CNCC3. The second-order valence-corrected chi connectivity index (χ2v) is 4.26. The van der Waals surface area contributed by atoms with Crippen molar-refractivity contribution in [3.8, 4) is 11.5 Å². The molecule has 0 bridgehead atoms. The van der Waals surface area contributed by atoms with E-state index < -0.39 is 0 Å². The molecule has 0 spiro atoms. The van der Waals surface area contributed by atoms with Crippen LogP contribution < -0.4 is 14.8 Å². The third-order valence-electron chi connectivity index (χ3n) is 3.35. The first-order chi connectivity index (χ1) is 8.33. The Kier molecular flexibility index (Phi) is 2.44. The maximum atomic E-state index is 5.42. The maximum Gasteiger partial charge on any atom is 0.146 e. The standard InChI is InChI=1S/C13H16N2O2/c1-16-8-5-9-10-7-14-4-3-11(10)15-13(9)12(6-8)17-2/h5-6,14-15H,3-4,7H2,1-2H3. The average Bonchev–Trinajstić information content (AvgIpc) is 2.76. The van der Waals surface area contributed by atoms with Crippen LogP contribution in [0.25, 0.3) is 10.9 Å². The molecule has 1 aromatic heterocycles. The molecular weight excluding hydrogens is 216 g/mol. The van der Waals surface area contributed by atoms with E-state index in [-0.39, 0.29) is 0 Å². The van der Waals surface area contributed by atoms with Crippen LogP contribution >= 0.6 is 0 Å². The monoisotopic (exact) mass is 232 g/mol. The largest absolute Gasteiger partial charge is 0.497 e. The predicted octanol–water partition coefficient (Wildman–Crippen LogP) is 1.83. The van der Waals surface area contributed by atoms with E-state index in [0.717, 1.165) is 36.5 Å². The van der Waals surface area contributed by atoms with Gasteiger partial charge in [0.2, 0.25) is 0 Å². The molecule has 90 valence electrons. The third kappa shape index (κ3) is 1.56. The van der Waals surface area contributed by atoms with E-state index in [2.05, 4.69) is 16.4 Å². The number of fused-ring (bicyclic) bond motifs is 3. The minimum Gasteiger partial charge on any atom is -0.497 e. The fraction of sp³-hybridized carbons (Fsp3) is 0.385. The van der Waals surface area contributed by atoms with Gasteiger partial charge in [-0.15, -0.1) is 0 Å². The van der Waals surface area contributed by atoms with Gasteiger partial charge in [-0.2, -0.15) is 0 Å². The Morgan fingerprint density at radius 1 is 1.18 bits per heavy atom. The number of H-pyrrole nitrogens is 1. The molecule has 17 heavy (non-hydrogen) atoms. The van der Waals surface area contributed by atoms with Gasteiger partial charge in [0.15, 0.2) is 0 Å². The van der Waals surface area contributed by atoms with Crippen molar-refractivity contribution in [3.63, 3.8) is 0 Å². The van der Waals surface area contributed by atoms with Crippen molar-refractivity contribution in [2.45, 2.75) is 13.0 Å². The quantitative estimate of drug-likeness (QED) is 0.830. The molecule has 0 fully saturated rings. The number of rotatable bonds is 2. The second-order valence-electron chi connectivity index (χ2n) is 4.26. The molecule has 0 saturated heterocycles.